The Hall–Kier alpha value is -3.54. The molecule has 0 unspecified atom stereocenters. The summed E-state index contributed by atoms with van der Waals surface area (Å²) in [6.45, 7) is 3.46. The Labute approximate surface area is 191 Å². The van der Waals surface area contributed by atoms with Crippen molar-refractivity contribution in [3.8, 4) is 34.5 Å². The van der Waals surface area contributed by atoms with Crippen molar-refractivity contribution >= 4 is 0 Å². The Bertz CT molecular complexity index is 1020. The molecule has 168 valence electrons. The minimum Gasteiger partial charge on any atom is -0.486 e. The molecule has 6 nitrogen and oxygen atoms in total. The van der Waals surface area contributed by atoms with Crippen LogP contribution in [0, 0.1) is 0 Å². The molecule has 4 aliphatic rings. The Kier molecular flexibility index (Phi) is 4.32. The summed E-state index contributed by atoms with van der Waals surface area (Å²) in [5, 5.41) is 0. The fraction of sp³-hybridized carbons (Fsp3) is 0.333. The van der Waals surface area contributed by atoms with Crippen molar-refractivity contribution in [2.24, 2.45) is 0 Å². The number of ether oxygens (including phenoxy) is 6. The first-order valence-corrected chi connectivity index (χ1v) is 11.5. The van der Waals surface area contributed by atoms with Gasteiger partial charge in [0.15, 0.2) is 34.5 Å². The lowest BCUT2D eigenvalue weighted by atomic mass is 9.94. The number of fused-ring (bicyclic) bond motifs is 6. The molecule has 6 heteroatoms. The van der Waals surface area contributed by atoms with Crippen LogP contribution in [0.1, 0.15) is 33.4 Å². The summed E-state index contributed by atoms with van der Waals surface area (Å²) in [7, 11) is 0. The third-order valence-corrected chi connectivity index (χ3v) is 6.74. The maximum absolute atomic E-state index is 5.91. The molecule has 0 saturated carbocycles. The van der Waals surface area contributed by atoms with E-state index in [2.05, 4.69) is 36.4 Å². The molecule has 0 spiro atoms. The predicted octanol–water partition coefficient (Wildman–Crippen LogP) is 4.09. The largest absolute Gasteiger partial charge is 0.486 e. The van der Waals surface area contributed by atoms with E-state index in [-0.39, 0.29) is 0 Å². The highest BCUT2D eigenvalue weighted by atomic mass is 16.6. The average Bonchev–Trinajstić information content (AvgIpc) is 2.90. The predicted molar refractivity (Wildman–Crippen MR) is 121 cm³/mol. The first kappa shape index (κ1) is 19.0. The Morgan fingerprint density at radius 1 is 0.303 bits per heavy atom. The molecule has 0 atom stereocenters. The van der Waals surface area contributed by atoms with Crippen molar-refractivity contribution in [3.05, 3.63) is 69.8 Å². The zero-order chi connectivity index (χ0) is 21.8. The highest BCUT2D eigenvalue weighted by Crippen LogP contribution is 2.42. The van der Waals surface area contributed by atoms with Crippen molar-refractivity contribution < 1.29 is 28.4 Å². The van der Waals surface area contributed by atoms with Gasteiger partial charge in [0.1, 0.15) is 39.6 Å². The molecule has 0 fully saturated rings. The highest BCUT2D eigenvalue weighted by Gasteiger charge is 2.24. The number of hydrogen-bond donors (Lipinski definition) is 0. The SMILES string of the molecule is c1c2c(cc3c1OCCO3)Cc1cc3c(cc1Cc1cc4c(cc1C2)OCCO4)OCCO3. The Morgan fingerprint density at radius 2 is 0.485 bits per heavy atom. The Balaban J connectivity index is 1.43. The normalized spacial score (nSPS) is 17.5. The topological polar surface area (TPSA) is 55.4 Å². The molecule has 33 heavy (non-hydrogen) atoms. The molecule has 0 saturated heterocycles. The molecule has 3 heterocycles. The molecule has 3 aromatic rings. The van der Waals surface area contributed by atoms with Crippen LogP contribution in [0.3, 0.4) is 0 Å². The van der Waals surface area contributed by atoms with E-state index in [0.717, 1.165) is 53.8 Å². The molecular weight excluding hydrogens is 420 g/mol. The quantitative estimate of drug-likeness (QED) is 0.407. The van der Waals surface area contributed by atoms with Crippen LogP contribution in [0.25, 0.3) is 0 Å². The molecule has 3 aromatic carbocycles. The van der Waals surface area contributed by atoms with Gasteiger partial charge in [0.05, 0.1) is 0 Å². The van der Waals surface area contributed by atoms with Crippen LogP contribution in [-0.4, -0.2) is 39.6 Å². The van der Waals surface area contributed by atoms with Gasteiger partial charge in [0.2, 0.25) is 0 Å². The van der Waals surface area contributed by atoms with Gasteiger partial charge in [-0.05, 0) is 89.0 Å². The van der Waals surface area contributed by atoms with Gasteiger partial charge in [-0.3, -0.25) is 0 Å². The van der Waals surface area contributed by atoms with Crippen molar-refractivity contribution in [1.29, 1.82) is 0 Å². The lowest BCUT2D eigenvalue weighted by molar-refractivity contribution is 0.171. The minimum absolute atomic E-state index is 0.577. The van der Waals surface area contributed by atoms with Gasteiger partial charge in [-0.15, -0.1) is 0 Å². The highest BCUT2D eigenvalue weighted by molar-refractivity contribution is 5.58. The molecular formula is C27H24O6. The smallest absolute Gasteiger partial charge is 0.161 e. The van der Waals surface area contributed by atoms with E-state index in [1.165, 1.54) is 33.4 Å². The van der Waals surface area contributed by atoms with Crippen LogP contribution in [0.2, 0.25) is 0 Å². The summed E-state index contributed by atoms with van der Waals surface area (Å²) in [5.41, 5.74) is 7.42. The van der Waals surface area contributed by atoms with E-state index in [1.54, 1.807) is 0 Å². The van der Waals surface area contributed by atoms with Gasteiger partial charge in [-0.1, -0.05) is 0 Å². The van der Waals surface area contributed by atoms with Crippen LogP contribution >= 0.6 is 0 Å². The second kappa shape index (κ2) is 7.51. The van der Waals surface area contributed by atoms with Crippen LogP contribution in [0.4, 0.5) is 0 Å². The van der Waals surface area contributed by atoms with E-state index in [9.17, 15) is 0 Å². The third-order valence-electron chi connectivity index (χ3n) is 6.74. The first-order valence-electron chi connectivity index (χ1n) is 11.5. The van der Waals surface area contributed by atoms with Crippen molar-refractivity contribution in [3.63, 3.8) is 0 Å². The van der Waals surface area contributed by atoms with E-state index < -0.39 is 0 Å². The summed E-state index contributed by atoms with van der Waals surface area (Å²) in [5.74, 6) is 4.92. The molecule has 0 aromatic heterocycles. The van der Waals surface area contributed by atoms with Crippen LogP contribution in [-0.2, 0) is 19.3 Å². The van der Waals surface area contributed by atoms with Gasteiger partial charge in [-0.25, -0.2) is 0 Å². The number of rotatable bonds is 0. The summed E-state index contributed by atoms with van der Waals surface area (Å²) < 4.78 is 35.5. The maximum Gasteiger partial charge on any atom is 0.161 e. The average molecular weight is 444 g/mol. The zero-order valence-corrected chi connectivity index (χ0v) is 18.3. The molecule has 7 rings (SSSR count). The monoisotopic (exact) mass is 444 g/mol. The standard InChI is InChI=1S/C27H24O6/c1-2-29-23-11-17-8-19-13-25-27(33-6-5-31-25)15-21(19)9-20-14-26-24(30-3-4-32-26)12-18(20)7-16(17)10-22(23)28-1/h10-15H,1-9H2. The number of benzene rings is 3. The van der Waals surface area contributed by atoms with Crippen LogP contribution in [0.5, 0.6) is 34.5 Å². The fourth-order valence-electron chi connectivity index (χ4n) is 5.12. The molecule has 0 radical (unpaired) electrons. The lowest BCUT2D eigenvalue weighted by Crippen LogP contribution is -2.17. The van der Waals surface area contributed by atoms with Gasteiger partial charge >= 0.3 is 0 Å². The van der Waals surface area contributed by atoms with Crippen molar-refractivity contribution in [2.45, 2.75) is 19.3 Å². The second-order valence-corrected chi connectivity index (χ2v) is 8.82. The number of hydrogen-bond acceptors (Lipinski definition) is 6. The fourth-order valence-corrected chi connectivity index (χ4v) is 5.12. The van der Waals surface area contributed by atoms with E-state index in [0.29, 0.717) is 39.6 Å². The van der Waals surface area contributed by atoms with Crippen molar-refractivity contribution in [2.75, 3.05) is 39.6 Å². The van der Waals surface area contributed by atoms with E-state index >= 15 is 0 Å². The molecule has 3 aliphatic heterocycles. The summed E-state index contributed by atoms with van der Waals surface area (Å²) in [6, 6.07) is 12.9. The minimum atomic E-state index is 0.577. The third kappa shape index (κ3) is 3.32. The zero-order valence-electron chi connectivity index (χ0n) is 18.3. The van der Waals surface area contributed by atoms with Gasteiger partial charge < -0.3 is 28.4 Å². The van der Waals surface area contributed by atoms with Gasteiger partial charge in [0.25, 0.3) is 0 Å². The van der Waals surface area contributed by atoms with E-state index in [1.807, 2.05) is 0 Å². The van der Waals surface area contributed by atoms with Gasteiger partial charge in [-0.2, -0.15) is 0 Å². The van der Waals surface area contributed by atoms with Crippen molar-refractivity contribution in [1.82, 2.24) is 0 Å². The lowest BCUT2D eigenvalue weighted by Gasteiger charge is -2.23. The molecule has 0 N–H and O–H groups in total. The summed E-state index contributed by atoms with van der Waals surface area (Å²) >= 11 is 0. The molecule has 1 aliphatic carbocycles. The van der Waals surface area contributed by atoms with Crippen LogP contribution in [0.15, 0.2) is 36.4 Å². The molecule has 0 bridgehead atoms. The van der Waals surface area contributed by atoms with Gasteiger partial charge in [0, 0.05) is 0 Å². The maximum atomic E-state index is 5.91. The summed E-state index contributed by atoms with van der Waals surface area (Å²) in [6.07, 6.45) is 2.37. The first-order chi connectivity index (χ1) is 16.3. The van der Waals surface area contributed by atoms with Crippen LogP contribution < -0.4 is 28.4 Å². The summed E-state index contributed by atoms with van der Waals surface area (Å²) in [4.78, 5) is 0. The Morgan fingerprint density at radius 3 is 0.667 bits per heavy atom. The molecule has 0 amide bonds. The second-order valence-electron chi connectivity index (χ2n) is 8.82. The van der Waals surface area contributed by atoms with E-state index in [4.69, 9.17) is 28.4 Å².